The molecular weight excluding hydrogens is 336 g/mol. The number of fused-ring (bicyclic) bond motifs is 1. The average Bonchev–Trinajstić information content (AvgIpc) is 3.01. The summed E-state index contributed by atoms with van der Waals surface area (Å²) in [7, 11) is 1.96. The average molecular weight is 351 g/mol. The Hall–Kier alpha value is -1.21. The number of hydrazine groups is 1. The normalized spacial score (nSPS) is 12.9. The molecule has 1 atom stereocenters. The van der Waals surface area contributed by atoms with Crippen molar-refractivity contribution < 1.29 is 0 Å². The van der Waals surface area contributed by atoms with Gasteiger partial charge in [-0.3, -0.25) is 16.0 Å². The van der Waals surface area contributed by atoms with Crippen molar-refractivity contribution in [2.75, 3.05) is 0 Å². The summed E-state index contributed by atoms with van der Waals surface area (Å²) < 4.78 is 3.01. The SMILES string of the molecule is Cn1nc(C(Cc2cc(Br)cs2)NN)c2ccccc21. The molecule has 0 aliphatic heterocycles. The van der Waals surface area contributed by atoms with Gasteiger partial charge in [-0.2, -0.15) is 5.10 Å². The molecule has 104 valence electrons. The molecule has 0 aliphatic rings. The maximum Gasteiger partial charge on any atom is 0.0889 e. The van der Waals surface area contributed by atoms with Crippen molar-refractivity contribution in [1.82, 2.24) is 15.2 Å². The molecule has 1 unspecified atom stereocenters. The summed E-state index contributed by atoms with van der Waals surface area (Å²) >= 11 is 5.21. The lowest BCUT2D eigenvalue weighted by atomic mass is 10.1. The first-order valence-corrected chi connectivity index (χ1v) is 7.97. The van der Waals surface area contributed by atoms with Crippen LogP contribution in [0, 0.1) is 0 Å². The minimum atomic E-state index is 0.00616. The number of aryl methyl sites for hydroxylation is 1. The maximum absolute atomic E-state index is 5.75. The van der Waals surface area contributed by atoms with Crippen LogP contribution < -0.4 is 11.3 Å². The van der Waals surface area contributed by atoms with Gasteiger partial charge < -0.3 is 0 Å². The molecular formula is C14H15BrN4S. The van der Waals surface area contributed by atoms with Gasteiger partial charge in [-0.1, -0.05) is 18.2 Å². The fourth-order valence-electron chi connectivity index (χ4n) is 2.40. The lowest BCUT2D eigenvalue weighted by molar-refractivity contribution is 0.536. The Labute approximate surface area is 129 Å². The fourth-order valence-corrected chi connectivity index (χ4v) is 3.89. The first kappa shape index (κ1) is 13.8. The number of hydrogen-bond donors (Lipinski definition) is 2. The summed E-state index contributed by atoms with van der Waals surface area (Å²) in [6.07, 6.45) is 0.827. The van der Waals surface area contributed by atoms with Crippen molar-refractivity contribution in [1.29, 1.82) is 0 Å². The number of nitrogens with zero attached hydrogens (tertiary/aromatic N) is 2. The van der Waals surface area contributed by atoms with Gasteiger partial charge in [-0.25, -0.2) is 0 Å². The lowest BCUT2D eigenvalue weighted by Gasteiger charge is -2.12. The Bertz CT molecular complexity index is 734. The highest BCUT2D eigenvalue weighted by Gasteiger charge is 2.18. The minimum Gasteiger partial charge on any atom is -0.271 e. The maximum atomic E-state index is 5.75. The second-order valence-electron chi connectivity index (χ2n) is 4.68. The molecule has 0 radical (unpaired) electrons. The zero-order valence-corrected chi connectivity index (χ0v) is 13.4. The van der Waals surface area contributed by atoms with E-state index >= 15 is 0 Å². The molecule has 3 aromatic rings. The van der Waals surface area contributed by atoms with Crippen molar-refractivity contribution in [3.05, 3.63) is 50.8 Å². The van der Waals surface area contributed by atoms with E-state index in [9.17, 15) is 0 Å². The number of rotatable bonds is 4. The summed E-state index contributed by atoms with van der Waals surface area (Å²) in [6, 6.07) is 10.3. The number of nitrogens with two attached hydrogens (primary N) is 1. The number of nitrogens with one attached hydrogen (secondary N) is 1. The molecule has 20 heavy (non-hydrogen) atoms. The quantitative estimate of drug-likeness (QED) is 0.561. The van der Waals surface area contributed by atoms with Crippen LogP contribution in [0.25, 0.3) is 10.9 Å². The molecule has 0 fully saturated rings. The molecule has 4 nitrogen and oxygen atoms in total. The van der Waals surface area contributed by atoms with Gasteiger partial charge in [0.15, 0.2) is 0 Å². The highest BCUT2D eigenvalue weighted by Crippen LogP contribution is 2.28. The summed E-state index contributed by atoms with van der Waals surface area (Å²) in [5, 5.41) is 7.86. The first-order valence-electron chi connectivity index (χ1n) is 6.29. The van der Waals surface area contributed by atoms with E-state index in [2.05, 4.69) is 50.0 Å². The predicted molar refractivity (Wildman–Crippen MR) is 86.5 cm³/mol. The van der Waals surface area contributed by atoms with Gasteiger partial charge in [0.1, 0.15) is 0 Å². The molecule has 0 saturated heterocycles. The van der Waals surface area contributed by atoms with Crippen LogP contribution in [0.5, 0.6) is 0 Å². The first-order chi connectivity index (χ1) is 9.69. The number of hydrogen-bond acceptors (Lipinski definition) is 4. The Morgan fingerprint density at radius 3 is 2.95 bits per heavy atom. The smallest absolute Gasteiger partial charge is 0.0889 e. The van der Waals surface area contributed by atoms with Crippen LogP contribution in [0.1, 0.15) is 16.6 Å². The second kappa shape index (κ2) is 5.65. The third-order valence-corrected chi connectivity index (χ3v) is 5.06. The van der Waals surface area contributed by atoms with Crippen LogP contribution in [-0.4, -0.2) is 9.78 Å². The molecule has 0 saturated carbocycles. The molecule has 0 aliphatic carbocycles. The molecule has 1 aromatic carbocycles. The van der Waals surface area contributed by atoms with Crippen molar-refractivity contribution in [2.24, 2.45) is 12.9 Å². The largest absolute Gasteiger partial charge is 0.271 e. The van der Waals surface area contributed by atoms with Crippen molar-refractivity contribution >= 4 is 38.2 Å². The third-order valence-electron chi connectivity index (χ3n) is 3.34. The van der Waals surface area contributed by atoms with E-state index < -0.39 is 0 Å². The van der Waals surface area contributed by atoms with Crippen LogP contribution in [0.15, 0.2) is 40.2 Å². The van der Waals surface area contributed by atoms with E-state index in [4.69, 9.17) is 5.84 Å². The molecule has 3 N–H and O–H groups in total. The van der Waals surface area contributed by atoms with Gasteiger partial charge in [0.2, 0.25) is 0 Å². The molecule has 2 aromatic heterocycles. The molecule has 2 heterocycles. The minimum absolute atomic E-state index is 0.00616. The Morgan fingerprint density at radius 2 is 2.25 bits per heavy atom. The monoisotopic (exact) mass is 350 g/mol. The van der Waals surface area contributed by atoms with Crippen LogP contribution >= 0.6 is 27.3 Å². The van der Waals surface area contributed by atoms with Crippen molar-refractivity contribution in [3.8, 4) is 0 Å². The molecule has 0 spiro atoms. The van der Waals surface area contributed by atoms with Gasteiger partial charge in [-0.05, 0) is 28.1 Å². The molecule has 6 heteroatoms. The summed E-state index contributed by atoms with van der Waals surface area (Å²) in [6.45, 7) is 0. The second-order valence-corrected chi connectivity index (χ2v) is 6.59. The molecule has 0 amide bonds. The number of thiophene rings is 1. The van der Waals surface area contributed by atoms with Gasteiger partial charge in [0.25, 0.3) is 0 Å². The topological polar surface area (TPSA) is 55.9 Å². The van der Waals surface area contributed by atoms with Gasteiger partial charge in [-0.15, -0.1) is 11.3 Å². The predicted octanol–water partition coefficient (Wildman–Crippen LogP) is 3.14. The summed E-state index contributed by atoms with van der Waals surface area (Å²) in [5.41, 5.74) is 5.01. The molecule has 3 rings (SSSR count). The van der Waals surface area contributed by atoms with Gasteiger partial charge >= 0.3 is 0 Å². The highest BCUT2D eigenvalue weighted by atomic mass is 79.9. The highest BCUT2D eigenvalue weighted by molar-refractivity contribution is 9.10. The Morgan fingerprint density at radius 1 is 1.45 bits per heavy atom. The van der Waals surface area contributed by atoms with Gasteiger partial charge in [0.05, 0.1) is 17.3 Å². The number of para-hydroxylation sites is 1. The summed E-state index contributed by atoms with van der Waals surface area (Å²) in [4.78, 5) is 1.27. The number of halogens is 1. The van der Waals surface area contributed by atoms with E-state index in [0.717, 1.165) is 27.5 Å². The van der Waals surface area contributed by atoms with E-state index in [1.54, 1.807) is 11.3 Å². The standard InChI is InChI=1S/C14H15BrN4S/c1-19-13-5-3-2-4-11(13)14(18-19)12(17-16)7-10-6-9(15)8-20-10/h2-6,8,12,17H,7,16H2,1H3. The zero-order chi connectivity index (χ0) is 14.1. The van der Waals surface area contributed by atoms with Crippen molar-refractivity contribution in [2.45, 2.75) is 12.5 Å². The van der Waals surface area contributed by atoms with E-state index in [-0.39, 0.29) is 6.04 Å². The van der Waals surface area contributed by atoms with Crippen LogP contribution in [0.3, 0.4) is 0 Å². The van der Waals surface area contributed by atoms with Crippen LogP contribution in [0.4, 0.5) is 0 Å². The number of benzene rings is 1. The molecule has 0 bridgehead atoms. The van der Waals surface area contributed by atoms with Crippen LogP contribution in [-0.2, 0) is 13.5 Å². The van der Waals surface area contributed by atoms with Crippen LogP contribution in [0.2, 0.25) is 0 Å². The van der Waals surface area contributed by atoms with Gasteiger partial charge in [0, 0.05) is 33.6 Å². The lowest BCUT2D eigenvalue weighted by Crippen LogP contribution is -2.30. The van der Waals surface area contributed by atoms with Crippen molar-refractivity contribution in [3.63, 3.8) is 0 Å². The van der Waals surface area contributed by atoms with E-state index in [1.165, 1.54) is 4.88 Å². The Balaban J connectivity index is 1.99. The van der Waals surface area contributed by atoms with E-state index in [1.807, 2.05) is 23.9 Å². The number of aromatic nitrogens is 2. The zero-order valence-electron chi connectivity index (χ0n) is 11.0. The summed E-state index contributed by atoms with van der Waals surface area (Å²) in [5.74, 6) is 5.75. The Kier molecular flexibility index (Phi) is 3.89. The third kappa shape index (κ3) is 2.52. The van der Waals surface area contributed by atoms with E-state index in [0.29, 0.717) is 0 Å². The fraction of sp³-hybridized carbons (Fsp3) is 0.214.